The lowest BCUT2D eigenvalue weighted by Gasteiger charge is -2.20. The SMILES string of the molecule is CCCCCCCCCCCCCCCCCCCC(=O)OC(COC(C)=O)COP(=O)(O)OCC(O)CO. The molecule has 0 heterocycles. The third-order valence-electron chi connectivity index (χ3n) is 6.32. The van der Waals surface area contributed by atoms with Crippen molar-refractivity contribution in [2.24, 2.45) is 0 Å². The molecule has 0 aromatic rings. The van der Waals surface area contributed by atoms with E-state index < -0.39 is 51.8 Å². The molecule has 0 fully saturated rings. The molecule has 0 aromatic carbocycles. The van der Waals surface area contributed by atoms with Gasteiger partial charge in [0.2, 0.25) is 0 Å². The lowest BCUT2D eigenvalue weighted by atomic mass is 10.0. The average molecular weight is 583 g/mol. The first kappa shape index (κ1) is 38.0. The van der Waals surface area contributed by atoms with Crippen molar-refractivity contribution in [2.45, 2.75) is 142 Å². The first-order chi connectivity index (χ1) is 18.7. The van der Waals surface area contributed by atoms with E-state index in [9.17, 15) is 24.2 Å². The van der Waals surface area contributed by atoms with Gasteiger partial charge < -0.3 is 24.6 Å². The lowest BCUT2D eigenvalue weighted by molar-refractivity contribution is -0.160. The summed E-state index contributed by atoms with van der Waals surface area (Å²) in [7, 11) is -4.56. The highest BCUT2D eigenvalue weighted by Gasteiger charge is 2.26. The molecule has 0 aromatic heterocycles. The fraction of sp³-hybridized carbons (Fsp3) is 0.929. The standard InChI is InChI=1S/C28H55O10P/c1-3-4-5-6-7-8-9-10-11-12-13-14-15-16-17-18-19-20-28(32)38-27(23-35-25(2)30)24-37-39(33,34)36-22-26(31)21-29/h26-27,29,31H,3-24H2,1-2H3,(H,33,34). The van der Waals surface area contributed by atoms with E-state index in [4.69, 9.17) is 19.1 Å². The molecule has 0 aliphatic carbocycles. The molecule has 232 valence electrons. The van der Waals surface area contributed by atoms with E-state index in [1.807, 2.05) is 0 Å². The fourth-order valence-corrected chi connectivity index (χ4v) is 4.80. The fourth-order valence-electron chi connectivity index (χ4n) is 4.01. The highest BCUT2D eigenvalue weighted by atomic mass is 31.2. The smallest absolute Gasteiger partial charge is 0.462 e. The van der Waals surface area contributed by atoms with Crippen molar-refractivity contribution in [2.75, 3.05) is 26.4 Å². The molecule has 0 radical (unpaired) electrons. The number of unbranched alkanes of at least 4 members (excludes halogenated alkanes) is 16. The Kier molecular flexibility index (Phi) is 25.2. The summed E-state index contributed by atoms with van der Waals surface area (Å²) >= 11 is 0. The number of aliphatic hydroxyl groups is 2. The Balaban J connectivity index is 3.88. The topological polar surface area (TPSA) is 149 Å². The maximum Gasteiger partial charge on any atom is 0.472 e. The highest BCUT2D eigenvalue weighted by molar-refractivity contribution is 7.47. The summed E-state index contributed by atoms with van der Waals surface area (Å²) in [5, 5.41) is 18.0. The molecule has 3 atom stereocenters. The Morgan fingerprint density at radius 3 is 1.59 bits per heavy atom. The minimum Gasteiger partial charge on any atom is -0.462 e. The molecule has 39 heavy (non-hydrogen) atoms. The number of carbonyl (C=O) groups is 2. The minimum absolute atomic E-state index is 0.186. The molecule has 0 aliphatic heterocycles. The molecular weight excluding hydrogens is 527 g/mol. The van der Waals surface area contributed by atoms with Crippen molar-refractivity contribution in [3.05, 3.63) is 0 Å². The predicted octanol–water partition coefficient (Wildman–Crippen LogP) is 5.99. The van der Waals surface area contributed by atoms with Gasteiger partial charge in [-0.15, -0.1) is 0 Å². The summed E-state index contributed by atoms with van der Waals surface area (Å²) in [4.78, 5) is 33.0. The summed E-state index contributed by atoms with van der Waals surface area (Å²) in [5.74, 6) is -1.11. The Hall–Kier alpha value is -1.03. The van der Waals surface area contributed by atoms with Gasteiger partial charge in [0, 0.05) is 13.3 Å². The second-order valence-corrected chi connectivity index (χ2v) is 11.7. The molecule has 11 heteroatoms. The largest absolute Gasteiger partial charge is 0.472 e. The summed E-state index contributed by atoms with van der Waals surface area (Å²) in [6.45, 7) is 1.31. The van der Waals surface area contributed by atoms with Crippen LogP contribution in [-0.2, 0) is 32.7 Å². The molecule has 0 aliphatic rings. The monoisotopic (exact) mass is 582 g/mol. The summed E-state index contributed by atoms with van der Waals surface area (Å²) < 4.78 is 31.3. The molecule has 0 spiro atoms. The number of hydrogen-bond donors (Lipinski definition) is 3. The van der Waals surface area contributed by atoms with Crippen LogP contribution in [0.25, 0.3) is 0 Å². The third kappa shape index (κ3) is 26.9. The second kappa shape index (κ2) is 25.9. The van der Waals surface area contributed by atoms with E-state index in [2.05, 4.69) is 11.4 Å². The van der Waals surface area contributed by atoms with E-state index >= 15 is 0 Å². The van der Waals surface area contributed by atoms with Gasteiger partial charge in [-0.25, -0.2) is 4.57 Å². The zero-order chi connectivity index (χ0) is 29.2. The van der Waals surface area contributed by atoms with E-state index in [0.717, 1.165) is 19.3 Å². The van der Waals surface area contributed by atoms with Gasteiger partial charge in [0.15, 0.2) is 6.10 Å². The number of phosphoric acid groups is 1. The van der Waals surface area contributed by atoms with Crippen molar-refractivity contribution in [3.8, 4) is 0 Å². The third-order valence-corrected chi connectivity index (χ3v) is 7.27. The molecule has 0 saturated heterocycles. The number of carbonyl (C=O) groups excluding carboxylic acids is 2. The molecule has 0 amide bonds. The Morgan fingerprint density at radius 1 is 0.718 bits per heavy atom. The Morgan fingerprint density at radius 2 is 1.15 bits per heavy atom. The first-order valence-electron chi connectivity index (χ1n) is 14.9. The van der Waals surface area contributed by atoms with Gasteiger partial charge in [-0.3, -0.25) is 18.6 Å². The van der Waals surface area contributed by atoms with Crippen LogP contribution in [-0.4, -0.2) is 65.7 Å². The summed E-state index contributed by atoms with van der Waals surface area (Å²) in [6, 6.07) is 0. The first-order valence-corrected chi connectivity index (χ1v) is 16.4. The Bertz CT molecular complexity index is 646. The van der Waals surface area contributed by atoms with Crippen LogP contribution >= 0.6 is 7.82 Å². The number of esters is 2. The van der Waals surface area contributed by atoms with Crippen LogP contribution in [0.1, 0.15) is 129 Å². The van der Waals surface area contributed by atoms with Crippen molar-refractivity contribution >= 4 is 19.8 Å². The van der Waals surface area contributed by atoms with E-state index in [-0.39, 0.29) is 13.0 Å². The second-order valence-electron chi connectivity index (χ2n) is 10.2. The molecule has 0 bridgehead atoms. The molecular formula is C28H55O10P. The van der Waals surface area contributed by atoms with Crippen LogP contribution in [0.15, 0.2) is 0 Å². The van der Waals surface area contributed by atoms with Gasteiger partial charge in [-0.2, -0.15) is 0 Å². The maximum atomic E-state index is 12.2. The van der Waals surface area contributed by atoms with Crippen LogP contribution in [0.5, 0.6) is 0 Å². The van der Waals surface area contributed by atoms with Crippen molar-refractivity contribution in [3.63, 3.8) is 0 Å². The lowest BCUT2D eigenvalue weighted by Crippen LogP contribution is -2.29. The Labute approximate surface area is 235 Å². The van der Waals surface area contributed by atoms with Crippen molar-refractivity contribution in [1.29, 1.82) is 0 Å². The van der Waals surface area contributed by atoms with Gasteiger partial charge in [0.25, 0.3) is 0 Å². The predicted molar refractivity (Wildman–Crippen MR) is 150 cm³/mol. The number of rotatable bonds is 28. The minimum atomic E-state index is -4.56. The number of ether oxygens (including phenoxy) is 2. The van der Waals surface area contributed by atoms with Gasteiger partial charge >= 0.3 is 19.8 Å². The normalized spacial score (nSPS) is 14.5. The summed E-state index contributed by atoms with van der Waals surface area (Å²) in [5.41, 5.74) is 0. The molecule has 3 unspecified atom stereocenters. The van der Waals surface area contributed by atoms with Crippen molar-refractivity contribution in [1.82, 2.24) is 0 Å². The van der Waals surface area contributed by atoms with E-state index in [1.54, 1.807) is 0 Å². The number of phosphoric ester groups is 1. The van der Waals surface area contributed by atoms with E-state index in [1.165, 1.54) is 90.4 Å². The molecule has 10 nitrogen and oxygen atoms in total. The molecule has 0 saturated carbocycles. The zero-order valence-electron chi connectivity index (χ0n) is 24.4. The van der Waals surface area contributed by atoms with Crippen LogP contribution in [0, 0.1) is 0 Å². The van der Waals surface area contributed by atoms with E-state index in [0.29, 0.717) is 6.42 Å². The molecule has 0 rings (SSSR count). The van der Waals surface area contributed by atoms with Gasteiger partial charge in [0.05, 0.1) is 19.8 Å². The van der Waals surface area contributed by atoms with Gasteiger partial charge in [-0.1, -0.05) is 110 Å². The average Bonchev–Trinajstić information content (AvgIpc) is 2.90. The number of aliphatic hydroxyl groups excluding tert-OH is 2. The zero-order valence-corrected chi connectivity index (χ0v) is 25.3. The quantitative estimate of drug-likeness (QED) is 0.0570. The summed E-state index contributed by atoms with van der Waals surface area (Å²) in [6.07, 6.45) is 18.9. The number of hydrogen-bond acceptors (Lipinski definition) is 9. The van der Waals surface area contributed by atoms with Crippen LogP contribution < -0.4 is 0 Å². The van der Waals surface area contributed by atoms with Crippen LogP contribution in [0.3, 0.4) is 0 Å². The van der Waals surface area contributed by atoms with Crippen molar-refractivity contribution < 1.29 is 47.8 Å². The van der Waals surface area contributed by atoms with Gasteiger partial charge in [0.1, 0.15) is 12.7 Å². The van der Waals surface area contributed by atoms with Gasteiger partial charge in [-0.05, 0) is 6.42 Å². The molecule has 3 N–H and O–H groups in total. The van der Waals surface area contributed by atoms with Crippen LogP contribution in [0.4, 0.5) is 0 Å². The maximum absolute atomic E-state index is 12.2. The van der Waals surface area contributed by atoms with Crippen LogP contribution in [0.2, 0.25) is 0 Å². The highest BCUT2D eigenvalue weighted by Crippen LogP contribution is 2.43.